The molecule has 0 aliphatic carbocycles. The first-order valence-electron chi connectivity index (χ1n) is 6.28. The van der Waals surface area contributed by atoms with E-state index < -0.39 is 0 Å². The van der Waals surface area contributed by atoms with Gasteiger partial charge in [0.1, 0.15) is 0 Å². The van der Waals surface area contributed by atoms with Crippen LogP contribution < -0.4 is 10.6 Å². The molecule has 2 heterocycles. The Morgan fingerprint density at radius 2 is 2.28 bits per heavy atom. The standard InChI is InChI=1S/C14H17N3S/c1-10-6-11-4-2-3-5-13(11)17(9-10)14-16-8-12(7-15)18-14/h2-5,8,10H,6-7,9,15H2,1H3. The first kappa shape index (κ1) is 11.7. The van der Waals surface area contributed by atoms with Crippen LogP contribution in [0.4, 0.5) is 10.8 Å². The molecule has 1 aromatic heterocycles. The predicted molar refractivity (Wildman–Crippen MR) is 76.3 cm³/mol. The number of nitrogens with zero attached hydrogens (tertiary/aromatic N) is 2. The molecule has 0 radical (unpaired) electrons. The van der Waals surface area contributed by atoms with E-state index in [1.807, 2.05) is 6.20 Å². The Hall–Kier alpha value is -1.39. The van der Waals surface area contributed by atoms with Crippen molar-refractivity contribution < 1.29 is 0 Å². The molecule has 0 saturated carbocycles. The third-order valence-corrected chi connectivity index (χ3v) is 4.36. The van der Waals surface area contributed by atoms with Gasteiger partial charge in [0.2, 0.25) is 0 Å². The topological polar surface area (TPSA) is 42.2 Å². The number of thiazole rings is 1. The van der Waals surface area contributed by atoms with Gasteiger partial charge in [-0.05, 0) is 24.0 Å². The number of para-hydroxylation sites is 1. The maximum atomic E-state index is 5.67. The lowest BCUT2D eigenvalue weighted by molar-refractivity contribution is 0.562. The van der Waals surface area contributed by atoms with Crippen molar-refractivity contribution in [1.29, 1.82) is 0 Å². The Labute approximate surface area is 111 Å². The van der Waals surface area contributed by atoms with Crippen LogP contribution in [0.5, 0.6) is 0 Å². The highest BCUT2D eigenvalue weighted by Gasteiger charge is 2.24. The smallest absolute Gasteiger partial charge is 0.190 e. The second kappa shape index (κ2) is 4.71. The molecule has 1 aliphatic rings. The molecule has 3 nitrogen and oxygen atoms in total. The van der Waals surface area contributed by atoms with Crippen molar-refractivity contribution in [3.63, 3.8) is 0 Å². The number of hydrogen-bond acceptors (Lipinski definition) is 4. The molecule has 2 aromatic rings. The third kappa shape index (κ3) is 2.02. The molecular formula is C14H17N3S. The van der Waals surface area contributed by atoms with Gasteiger partial charge in [0.05, 0.1) is 0 Å². The van der Waals surface area contributed by atoms with Crippen LogP contribution in [0.25, 0.3) is 0 Å². The summed E-state index contributed by atoms with van der Waals surface area (Å²) in [4.78, 5) is 7.97. The zero-order valence-corrected chi connectivity index (χ0v) is 11.3. The van der Waals surface area contributed by atoms with E-state index in [0.717, 1.165) is 23.0 Å². The Kier molecular flexibility index (Phi) is 3.06. The third-order valence-electron chi connectivity index (χ3n) is 3.32. The van der Waals surface area contributed by atoms with Gasteiger partial charge in [0, 0.05) is 29.9 Å². The van der Waals surface area contributed by atoms with Crippen LogP contribution in [-0.4, -0.2) is 11.5 Å². The van der Waals surface area contributed by atoms with Crippen molar-refractivity contribution in [1.82, 2.24) is 4.98 Å². The van der Waals surface area contributed by atoms with Crippen LogP contribution in [0, 0.1) is 5.92 Å². The Morgan fingerprint density at radius 1 is 1.44 bits per heavy atom. The second-order valence-electron chi connectivity index (χ2n) is 4.86. The summed E-state index contributed by atoms with van der Waals surface area (Å²) in [5.74, 6) is 0.658. The molecule has 0 bridgehead atoms. The SMILES string of the molecule is CC1Cc2ccccc2N(c2ncc(CN)s2)C1. The minimum atomic E-state index is 0.572. The quantitative estimate of drug-likeness (QED) is 0.901. The molecule has 2 N–H and O–H groups in total. The molecule has 0 saturated heterocycles. The molecule has 4 heteroatoms. The largest absolute Gasteiger partial charge is 0.326 e. The van der Waals surface area contributed by atoms with Gasteiger partial charge in [0.25, 0.3) is 0 Å². The molecule has 1 atom stereocenters. The fraction of sp³-hybridized carbons (Fsp3) is 0.357. The Bertz CT molecular complexity index is 549. The van der Waals surface area contributed by atoms with Gasteiger partial charge in [-0.15, -0.1) is 11.3 Å². The highest BCUT2D eigenvalue weighted by molar-refractivity contribution is 7.15. The van der Waals surface area contributed by atoms with Crippen LogP contribution in [0.15, 0.2) is 30.5 Å². The molecule has 94 valence electrons. The molecule has 1 aliphatic heterocycles. The van der Waals surface area contributed by atoms with Gasteiger partial charge in [-0.1, -0.05) is 25.1 Å². The number of benzene rings is 1. The maximum absolute atomic E-state index is 5.67. The van der Waals surface area contributed by atoms with Crippen molar-refractivity contribution >= 4 is 22.2 Å². The Morgan fingerprint density at radius 3 is 3.06 bits per heavy atom. The lowest BCUT2D eigenvalue weighted by Crippen LogP contribution is -2.30. The van der Waals surface area contributed by atoms with Crippen LogP contribution in [0.1, 0.15) is 17.4 Å². The normalized spacial score (nSPS) is 18.8. The first-order chi connectivity index (χ1) is 8.78. The minimum Gasteiger partial charge on any atom is -0.326 e. The molecule has 1 aromatic carbocycles. The predicted octanol–water partition coefficient (Wildman–Crippen LogP) is 2.93. The van der Waals surface area contributed by atoms with E-state index in [0.29, 0.717) is 12.5 Å². The van der Waals surface area contributed by atoms with E-state index in [2.05, 4.69) is 41.1 Å². The van der Waals surface area contributed by atoms with Gasteiger partial charge in [0.15, 0.2) is 5.13 Å². The molecule has 0 amide bonds. The first-order valence-corrected chi connectivity index (χ1v) is 7.10. The maximum Gasteiger partial charge on any atom is 0.190 e. The summed E-state index contributed by atoms with van der Waals surface area (Å²) in [5, 5.41) is 1.06. The molecule has 0 spiro atoms. The van der Waals surface area contributed by atoms with Crippen molar-refractivity contribution in [3.05, 3.63) is 40.9 Å². The van der Waals surface area contributed by atoms with Crippen LogP contribution in [0.2, 0.25) is 0 Å². The van der Waals surface area contributed by atoms with Crippen molar-refractivity contribution in [2.75, 3.05) is 11.4 Å². The summed E-state index contributed by atoms with van der Waals surface area (Å²) in [6, 6.07) is 8.61. The average molecular weight is 259 g/mol. The number of hydrogen-bond donors (Lipinski definition) is 1. The molecular weight excluding hydrogens is 242 g/mol. The molecule has 3 rings (SSSR count). The monoisotopic (exact) mass is 259 g/mol. The van der Waals surface area contributed by atoms with Crippen LogP contribution in [0.3, 0.4) is 0 Å². The average Bonchev–Trinajstić information content (AvgIpc) is 2.86. The van der Waals surface area contributed by atoms with Gasteiger partial charge < -0.3 is 10.6 Å². The van der Waals surface area contributed by atoms with Crippen LogP contribution in [-0.2, 0) is 13.0 Å². The lowest BCUT2D eigenvalue weighted by Gasteiger charge is -2.32. The summed E-state index contributed by atoms with van der Waals surface area (Å²) in [7, 11) is 0. The van der Waals surface area contributed by atoms with Crippen molar-refractivity contribution in [2.45, 2.75) is 19.9 Å². The van der Waals surface area contributed by atoms with Gasteiger partial charge >= 0.3 is 0 Å². The van der Waals surface area contributed by atoms with E-state index >= 15 is 0 Å². The number of rotatable bonds is 2. The van der Waals surface area contributed by atoms with Gasteiger partial charge in [-0.2, -0.15) is 0 Å². The van der Waals surface area contributed by atoms with Crippen molar-refractivity contribution in [2.24, 2.45) is 11.7 Å². The lowest BCUT2D eigenvalue weighted by atomic mass is 9.94. The fourth-order valence-corrected chi connectivity index (χ4v) is 3.31. The van der Waals surface area contributed by atoms with E-state index in [4.69, 9.17) is 5.73 Å². The van der Waals surface area contributed by atoms with Crippen molar-refractivity contribution in [3.8, 4) is 0 Å². The highest BCUT2D eigenvalue weighted by atomic mass is 32.1. The second-order valence-corrected chi connectivity index (χ2v) is 5.96. The molecule has 18 heavy (non-hydrogen) atoms. The fourth-order valence-electron chi connectivity index (χ4n) is 2.49. The Balaban J connectivity index is 2.01. The van der Waals surface area contributed by atoms with Crippen LogP contribution >= 0.6 is 11.3 Å². The zero-order valence-electron chi connectivity index (χ0n) is 10.5. The summed E-state index contributed by atoms with van der Waals surface area (Å²) >= 11 is 1.69. The van der Waals surface area contributed by atoms with E-state index in [-0.39, 0.29) is 0 Å². The van der Waals surface area contributed by atoms with Gasteiger partial charge in [-0.25, -0.2) is 4.98 Å². The highest BCUT2D eigenvalue weighted by Crippen LogP contribution is 2.36. The number of fused-ring (bicyclic) bond motifs is 1. The molecule has 1 unspecified atom stereocenters. The summed E-state index contributed by atoms with van der Waals surface area (Å²) < 4.78 is 0. The number of anilines is 2. The molecule has 0 fully saturated rings. The summed E-state index contributed by atoms with van der Waals surface area (Å²) in [6.45, 7) is 3.90. The van der Waals surface area contributed by atoms with E-state index in [1.165, 1.54) is 11.3 Å². The van der Waals surface area contributed by atoms with E-state index in [1.54, 1.807) is 11.3 Å². The summed E-state index contributed by atoms with van der Waals surface area (Å²) in [5.41, 5.74) is 8.38. The number of nitrogens with two attached hydrogens (primary N) is 1. The minimum absolute atomic E-state index is 0.572. The summed E-state index contributed by atoms with van der Waals surface area (Å²) in [6.07, 6.45) is 3.05. The zero-order chi connectivity index (χ0) is 12.5. The van der Waals surface area contributed by atoms with E-state index in [9.17, 15) is 0 Å². The number of aromatic nitrogens is 1. The van der Waals surface area contributed by atoms with Gasteiger partial charge in [-0.3, -0.25) is 0 Å².